The molecule has 0 heterocycles. The monoisotopic (exact) mass is 521 g/mol. The van der Waals surface area contributed by atoms with Gasteiger partial charge in [-0.2, -0.15) is 0 Å². The van der Waals surface area contributed by atoms with Crippen molar-refractivity contribution in [2.24, 2.45) is 0 Å². The van der Waals surface area contributed by atoms with Crippen LogP contribution < -0.4 is 4.89 Å². The molecule has 0 amide bonds. The van der Waals surface area contributed by atoms with Gasteiger partial charge in [-0.15, -0.1) is 0 Å². The molecule has 0 rings (SSSR count). The fraction of sp³-hybridized carbons (Fsp3) is 0.926. The van der Waals surface area contributed by atoms with Gasteiger partial charge in [0.05, 0.1) is 34.4 Å². The van der Waals surface area contributed by atoms with Gasteiger partial charge in [0, 0.05) is 13.7 Å². The van der Waals surface area contributed by atoms with E-state index in [2.05, 4.69) is 19.1 Å². The van der Waals surface area contributed by atoms with Crippen LogP contribution in [0.5, 0.6) is 0 Å². The lowest BCUT2D eigenvalue weighted by Gasteiger charge is -2.28. The smallest absolute Gasteiger partial charge is 0.268 e. The zero-order chi connectivity index (χ0) is 26.3. The van der Waals surface area contributed by atoms with E-state index in [0.29, 0.717) is 24.2 Å². The molecule has 8 heteroatoms. The Morgan fingerprint density at radius 3 is 1.86 bits per heavy atom. The molecule has 0 bridgehead atoms. The zero-order valence-corrected chi connectivity index (χ0v) is 24.4. The maximum atomic E-state index is 11.9. The molecule has 0 aromatic rings. The molecule has 0 aromatic heterocycles. The first-order valence-electron chi connectivity index (χ1n) is 13.9. The minimum Gasteiger partial charge on any atom is -0.756 e. The summed E-state index contributed by atoms with van der Waals surface area (Å²) in [6.45, 7) is 3.78. The van der Waals surface area contributed by atoms with Gasteiger partial charge in [-0.1, -0.05) is 76.9 Å². The van der Waals surface area contributed by atoms with E-state index >= 15 is 0 Å². The highest BCUT2D eigenvalue weighted by molar-refractivity contribution is 7.45. The van der Waals surface area contributed by atoms with E-state index in [1.165, 1.54) is 84.2 Å². The number of hydrogen-bond donors (Lipinski definition) is 0. The van der Waals surface area contributed by atoms with E-state index in [-0.39, 0.29) is 13.2 Å². The Balaban J connectivity index is 3.55. The van der Waals surface area contributed by atoms with Gasteiger partial charge in [-0.25, -0.2) is 0 Å². The molecule has 210 valence electrons. The van der Waals surface area contributed by atoms with Gasteiger partial charge < -0.3 is 27.9 Å². The van der Waals surface area contributed by atoms with Crippen LogP contribution in [0.4, 0.5) is 0 Å². The van der Waals surface area contributed by atoms with Crippen molar-refractivity contribution in [2.75, 3.05) is 61.2 Å². The van der Waals surface area contributed by atoms with Crippen LogP contribution in [-0.2, 0) is 23.1 Å². The molecule has 0 aromatic carbocycles. The van der Waals surface area contributed by atoms with Crippen LogP contribution in [0, 0.1) is 0 Å². The Kier molecular flexibility index (Phi) is 22.7. The fourth-order valence-electron chi connectivity index (χ4n) is 3.49. The van der Waals surface area contributed by atoms with Crippen molar-refractivity contribution in [3.05, 3.63) is 12.2 Å². The number of ether oxygens (including phenoxy) is 2. The molecule has 0 fully saturated rings. The highest BCUT2D eigenvalue weighted by Crippen LogP contribution is 2.38. The van der Waals surface area contributed by atoms with E-state index < -0.39 is 13.9 Å². The van der Waals surface area contributed by atoms with E-state index in [1.807, 2.05) is 21.1 Å². The van der Waals surface area contributed by atoms with Crippen LogP contribution in [-0.4, -0.2) is 71.8 Å². The minimum absolute atomic E-state index is 0.0916. The zero-order valence-electron chi connectivity index (χ0n) is 23.5. The fourth-order valence-corrected chi connectivity index (χ4v) is 4.22. The van der Waals surface area contributed by atoms with Gasteiger partial charge in [0.1, 0.15) is 19.3 Å². The Hall–Kier alpha value is -0.270. The molecule has 2 atom stereocenters. The number of unbranched alkanes of at least 4 members (excludes halogenated alkanes) is 12. The van der Waals surface area contributed by atoms with Crippen LogP contribution in [0.2, 0.25) is 0 Å². The number of likely N-dealkylation sites (N-methyl/N-ethyl adjacent to an activating group) is 1. The average Bonchev–Trinajstić information content (AvgIpc) is 2.79. The first-order valence-corrected chi connectivity index (χ1v) is 15.3. The molecule has 0 N–H and O–H groups in total. The largest absolute Gasteiger partial charge is 0.756 e. The number of nitrogens with zero attached hydrogens (tertiary/aromatic N) is 1. The molecule has 35 heavy (non-hydrogen) atoms. The summed E-state index contributed by atoms with van der Waals surface area (Å²) in [5.74, 6) is 0. The number of allylic oxidation sites excluding steroid dienone is 2. The van der Waals surface area contributed by atoms with Crippen LogP contribution in [0.15, 0.2) is 12.2 Å². The second-order valence-corrected chi connectivity index (χ2v) is 11.9. The number of phosphoric acid groups is 1. The van der Waals surface area contributed by atoms with Crippen LogP contribution >= 0.6 is 7.82 Å². The predicted molar refractivity (Wildman–Crippen MR) is 143 cm³/mol. The second-order valence-electron chi connectivity index (χ2n) is 10.5. The van der Waals surface area contributed by atoms with Crippen molar-refractivity contribution < 1.29 is 32.5 Å². The van der Waals surface area contributed by atoms with Crippen LogP contribution in [0.1, 0.15) is 96.8 Å². The van der Waals surface area contributed by atoms with Gasteiger partial charge in [0.25, 0.3) is 7.82 Å². The Morgan fingerprint density at radius 1 is 0.771 bits per heavy atom. The summed E-state index contributed by atoms with van der Waals surface area (Å²) < 4.78 is 33.2. The molecule has 7 nitrogen and oxygen atoms in total. The molecular formula is C27H56NO6P. The Labute approximate surface area is 216 Å². The molecule has 1 unspecified atom stereocenters. The van der Waals surface area contributed by atoms with Crippen molar-refractivity contribution in [2.45, 2.75) is 103 Å². The maximum Gasteiger partial charge on any atom is 0.268 e. The van der Waals surface area contributed by atoms with Crippen LogP contribution in [0.3, 0.4) is 0 Å². The molecule has 0 aliphatic heterocycles. The lowest BCUT2D eigenvalue weighted by atomic mass is 10.1. The summed E-state index contributed by atoms with van der Waals surface area (Å²) in [6, 6.07) is 0. The summed E-state index contributed by atoms with van der Waals surface area (Å²) in [5, 5.41) is 0. The molecule has 0 radical (unpaired) electrons. The topological polar surface area (TPSA) is 77.1 Å². The standard InChI is InChI=1S/C27H56NO6P/c1-6-7-8-9-10-11-12-13-14-15-16-17-18-19-20-21-23-32-25-27(31-5)26-34-35(29,30)33-24-22-28(2,3)4/h13-14,27H,6-12,15-26H2,1-5H3/b14-13-/t27-/m1/s1. The third-order valence-corrected chi connectivity index (χ3v) is 6.83. The van der Waals surface area contributed by atoms with Crippen molar-refractivity contribution in [1.29, 1.82) is 0 Å². The highest BCUT2D eigenvalue weighted by atomic mass is 31.2. The molecule has 0 saturated heterocycles. The number of hydrogen-bond acceptors (Lipinski definition) is 6. The number of methoxy groups -OCH3 is 1. The van der Waals surface area contributed by atoms with Crippen molar-refractivity contribution in [1.82, 2.24) is 0 Å². The van der Waals surface area contributed by atoms with Crippen LogP contribution in [0.25, 0.3) is 0 Å². The first-order chi connectivity index (χ1) is 16.7. The Morgan fingerprint density at radius 2 is 1.31 bits per heavy atom. The molecule has 0 saturated carbocycles. The molecule has 0 spiro atoms. The van der Waals surface area contributed by atoms with Gasteiger partial charge in [-0.3, -0.25) is 4.57 Å². The summed E-state index contributed by atoms with van der Waals surface area (Å²) in [4.78, 5) is 11.9. The van der Waals surface area contributed by atoms with E-state index in [1.54, 1.807) is 0 Å². The Bertz CT molecular complexity index is 538. The third-order valence-electron chi connectivity index (χ3n) is 5.87. The molecule has 0 aliphatic carbocycles. The highest BCUT2D eigenvalue weighted by Gasteiger charge is 2.16. The number of rotatable bonds is 26. The normalized spacial score (nSPS) is 15.0. The number of phosphoric ester groups is 1. The maximum absolute atomic E-state index is 11.9. The van der Waals surface area contributed by atoms with E-state index in [4.69, 9.17) is 18.5 Å². The summed E-state index contributed by atoms with van der Waals surface area (Å²) in [7, 11) is 3.10. The van der Waals surface area contributed by atoms with Crippen molar-refractivity contribution in [3.63, 3.8) is 0 Å². The summed E-state index contributed by atoms with van der Waals surface area (Å²) in [6.07, 6.45) is 22.2. The number of quaternary nitrogens is 1. The van der Waals surface area contributed by atoms with Gasteiger partial charge in [0.2, 0.25) is 0 Å². The summed E-state index contributed by atoms with van der Waals surface area (Å²) in [5.41, 5.74) is 0. The van der Waals surface area contributed by atoms with E-state index in [9.17, 15) is 9.46 Å². The lowest BCUT2D eigenvalue weighted by Crippen LogP contribution is -2.37. The SMILES string of the molecule is CCCCCCCC/C=C\CCCCCCCCOC[C@H](COP(=O)([O-])OCC[N+](C)(C)C)OC. The van der Waals surface area contributed by atoms with E-state index in [0.717, 1.165) is 12.8 Å². The minimum atomic E-state index is -4.32. The quantitative estimate of drug-likeness (QED) is 0.0578. The van der Waals surface area contributed by atoms with Gasteiger partial charge in [-0.05, 0) is 32.1 Å². The summed E-state index contributed by atoms with van der Waals surface area (Å²) >= 11 is 0. The first kappa shape index (κ1) is 34.7. The van der Waals surface area contributed by atoms with Gasteiger partial charge >= 0.3 is 0 Å². The van der Waals surface area contributed by atoms with Gasteiger partial charge in [0.15, 0.2) is 0 Å². The second kappa shape index (κ2) is 22.9. The molecule has 0 aliphatic rings. The molecular weight excluding hydrogens is 465 g/mol. The average molecular weight is 522 g/mol. The van der Waals surface area contributed by atoms with Crippen molar-refractivity contribution in [3.8, 4) is 0 Å². The third kappa shape index (κ3) is 26.6. The van der Waals surface area contributed by atoms with Crippen molar-refractivity contribution >= 4 is 7.82 Å². The lowest BCUT2D eigenvalue weighted by molar-refractivity contribution is -0.870. The predicted octanol–water partition coefficient (Wildman–Crippen LogP) is 6.26.